The summed E-state index contributed by atoms with van der Waals surface area (Å²) in [5.41, 5.74) is 2.07. The molecule has 0 aliphatic rings. The Kier molecular flexibility index (Phi) is 11.7. The summed E-state index contributed by atoms with van der Waals surface area (Å²) in [7, 11) is 0. The number of aliphatic imine (C=N–C) groups is 1. The van der Waals surface area contributed by atoms with E-state index in [9.17, 15) is 4.79 Å². The Labute approximate surface area is 189 Å². The summed E-state index contributed by atoms with van der Waals surface area (Å²) in [5.74, 6) is 1.96. The van der Waals surface area contributed by atoms with Gasteiger partial charge in [0, 0.05) is 18.7 Å². The molecule has 1 amide bonds. The van der Waals surface area contributed by atoms with Gasteiger partial charge in [0.1, 0.15) is 18.2 Å². The molecule has 0 radical (unpaired) electrons. The van der Waals surface area contributed by atoms with Gasteiger partial charge in [0.15, 0.2) is 5.96 Å². The number of hydrogen-bond donors (Lipinski definition) is 3. The largest absolute Gasteiger partial charge is 0.492 e. The third-order valence-electron chi connectivity index (χ3n) is 3.79. The Balaban J connectivity index is 0.00000420. The van der Waals surface area contributed by atoms with E-state index in [1.807, 2.05) is 57.2 Å². The number of halogens is 1. The number of nitrogens with one attached hydrogen (secondary N) is 3. The van der Waals surface area contributed by atoms with Crippen LogP contribution in [0.15, 0.2) is 47.5 Å². The van der Waals surface area contributed by atoms with Gasteiger partial charge in [-0.25, -0.2) is 4.98 Å². The van der Waals surface area contributed by atoms with E-state index in [0.717, 1.165) is 18.0 Å². The minimum atomic E-state index is -0.111. The van der Waals surface area contributed by atoms with Gasteiger partial charge in [-0.2, -0.15) is 0 Å². The maximum Gasteiger partial charge on any atom is 0.227 e. The van der Waals surface area contributed by atoms with Gasteiger partial charge < -0.3 is 20.7 Å². The van der Waals surface area contributed by atoms with E-state index in [1.165, 1.54) is 5.56 Å². The Morgan fingerprint density at radius 2 is 1.86 bits per heavy atom. The fourth-order valence-electron chi connectivity index (χ4n) is 2.40. The lowest BCUT2D eigenvalue weighted by molar-refractivity contribution is -0.116. The summed E-state index contributed by atoms with van der Waals surface area (Å²) in [6.45, 7) is 8.18. The summed E-state index contributed by atoms with van der Waals surface area (Å²) in [5, 5.41) is 9.14. The predicted octanol–water partition coefficient (Wildman–Crippen LogP) is 3.28. The normalized spacial score (nSPS) is 10.7. The third kappa shape index (κ3) is 10.1. The van der Waals surface area contributed by atoms with Crippen LogP contribution in [0.25, 0.3) is 0 Å². The second-order valence-corrected chi connectivity index (χ2v) is 6.31. The first-order chi connectivity index (χ1) is 13.6. The van der Waals surface area contributed by atoms with Gasteiger partial charge >= 0.3 is 0 Å². The van der Waals surface area contributed by atoms with Crippen LogP contribution >= 0.6 is 24.0 Å². The number of carbonyl (C=O) groups excluding carboxylic acids is 1. The van der Waals surface area contributed by atoms with Crippen LogP contribution < -0.4 is 20.7 Å². The standard InChI is InChI=1S/C21H29N5O2.HI/c1-4-22-21(24-14-15-28-18-10-8-16(2)9-11-18)23-13-12-20(27)26-19-7-5-6-17(3)25-19;/h5-11H,4,12-15H2,1-3H3,(H2,22,23,24)(H,25,26,27);1H. The molecule has 8 heteroatoms. The van der Waals surface area contributed by atoms with Crippen molar-refractivity contribution in [3.05, 3.63) is 53.7 Å². The summed E-state index contributed by atoms with van der Waals surface area (Å²) >= 11 is 0. The molecular formula is C21H30IN5O2. The molecule has 0 saturated carbocycles. The van der Waals surface area contributed by atoms with Gasteiger partial charge in [0.2, 0.25) is 5.91 Å². The zero-order valence-corrected chi connectivity index (χ0v) is 19.5. The van der Waals surface area contributed by atoms with Crippen molar-refractivity contribution in [1.29, 1.82) is 0 Å². The van der Waals surface area contributed by atoms with Crippen molar-refractivity contribution < 1.29 is 9.53 Å². The molecule has 2 aromatic rings. The molecule has 3 N–H and O–H groups in total. The smallest absolute Gasteiger partial charge is 0.227 e. The van der Waals surface area contributed by atoms with Crippen LogP contribution in [0, 0.1) is 13.8 Å². The molecule has 0 bridgehead atoms. The van der Waals surface area contributed by atoms with Gasteiger partial charge in [-0.05, 0) is 45.0 Å². The summed E-state index contributed by atoms with van der Waals surface area (Å²) in [6, 6.07) is 13.5. The highest BCUT2D eigenvalue weighted by Gasteiger charge is 2.04. The minimum Gasteiger partial charge on any atom is -0.492 e. The van der Waals surface area contributed by atoms with Crippen molar-refractivity contribution in [2.75, 3.05) is 31.6 Å². The van der Waals surface area contributed by atoms with Crippen LogP contribution in [-0.4, -0.2) is 43.1 Å². The molecule has 1 aromatic heterocycles. The maximum atomic E-state index is 12.0. The number of aromatic nitrogens is 1. The van der Waals surface area contributed by atoms with Crippen molar-refractivity contribution in [2.45, 2.75) is 27.2 Å². The fourth-order valence-corrected chi connectivity index (χ4v) is 2.40. The fraction of sp³-hybridized carbons (Fsp3) is 0.381. The Morgan fingerprint density at radius 1 is 1.10 bits per heavy atom. The van der Waals surface area contributed by atoms with Crippen LogP contribution in [-0.2, 0) is 4.79 Å². The molecule has 158 valence electrons. The van der Waals surface area contributed by atoms with Crippen LogP contribution in [0.4, 0.5) is 5.82 Å². The first kappa shape index (κ1) is 24.7. The number of rotatable bonds is 9. The quantitative estimate of drug-likeness (QED) is 0.208. The maximum absolute atomic E-state index is 12.0. The van der Waals surface area contributed by atoms with E-state index in [2.05, 4.69) is 25.9 Å². The van der Waals surface area contributed by atoms with Gasteiger partial charge in [0.05, 0.1) is 13.1 Å². The van der Waals surface area contributed by atoms with Gasteiger partial charge in [-0.15, -0.1) is 24.0 Å². The number of pyridine rings is 1. The number of benzene rings is 1. The zero-order valence-electron chi connectivity index (χ0n) is 17.2. The van der Waals surface area contributed by atoms with E-state index < -0.39 is 0 Å². The molecule has 0 saturated heterocycles. The number of nitrogens with zero attached hydrogens (tertiary/aromatic N) is 2. The summed E-state index contributed by atoms with van der Waals surface area (Å²) < 4.78 is 5.69. The van der Waals surface area contributed by atoms with E-state index >= 15 is 0 Å². The first-order valence-electron chi connectivity index (χ1n) is 9.52. The lowest BCUT2D eigenvalue weighted by Crippen LogP contribution is -2.39. The number of amides is 1. The lowest BCUT2D eigenvalue weighted by atomic mass is 10.2. The average molecular weight is 511 g/mol. The molecule has 0 atom stereocenters. The molecule has 7 nitrogen and oxygen atoms in total. The monoisotopic (exact) mass is 511 g/mol. The highest BCUT2D eigenvalue weighted by atomic mass is 127. The molecule has 2 rings (SSSR count). The summed E-state index contributed by atoms with van der Waals surface area (Å²) in [4.78, 5) is 20.7. The molecular weight excluding hydrogens is 481 g/mol. The van der Waals surface area contributed by atoms with Crippen LogP contribution in [0.5, 0.6) is 5.75 Å². The van der Waals surface area contributed by atoms with Crippen molar-refractivity contribution in [3.63, 3.8) is 0 Å². The second kappa shape index (κ2) is 13.8. The van der Waals surface area contributed by atoms with Gasteiger partial charge in [-0.3, -0.25) is 9.79 Å². The molecule has 0 spiro atoms. The Hall–Kier alpha value is -2.36. The van der Waals surface area contributed by atoms with Crippen LogP contribution in [0.2, 0.25) is 0 Å². The number of ether oxygens (including phenoxy) is 1. The number of carbonyl (C=O) groups is 1. The molecule has 0 aliphatic heterocycles. The van der Waals surface area contributed by atoms with Gasteiger partial charge in [-0.1, -0.05) is 23.8 Å². The highest BCUT2D eigenvalue weighted by Crippen LogP contribution is 2.10. The van der Waals surface area contributed by atoms with Crippen molar-refractivity contribution in [2.24, 2.45) is 4.99 Å². The SMILES string of the molecule is CCNC(=NCCC(=O)Nc1cccc(C)n1)NCCOc1ccc(C)cc1.I. The first-order valence-corrected chi connectivity index (χ1v) is 9.52. The second-order valence-electron chi connectivity index (χ2n) is 6.31. The minimum absolute atomic E-state index is 0. The van der Waals surface area contributed by atoms with Crippen LogP contribution in [0.3, 0.4) is 0 Å². The van der Waals surface area contributed by atoms with E-state index in [0.29, 0.717) is 31.5 Å². The van der Waals surface area contributed by atoms with Crippen molar-refractivity contribution in [1.82, 2.24) is 15.6 Å². The average Bonchev–Trinajstić information content (AvgIpc) is 2.66. The van der Waals surface area contributed by atoms with E-state index in [-0.39, 0.29) is 36.3 Å². The molecule has 1 heterocycles. The zero-order chi connectivity index (χ0) is 20.2. The predicted molar refractivity (Wildman–Crippen MR) is 128 cm³/mol. The topological polar surface area (TPSA) is 87.6 Å². The highest BCUT2D eigenvalue weighted by molar-refractivity contribution is 14.0. The molecule has 1 aromatic carbocycles. The lowest BCUT2D eigenvalue weighted by Gasteiger charge is -2.12. The molecule has 0 aliphatic carbocycles. The summed E-state index contributed by atoms with van der Waals surface area (Å²) in [6.07, 6.45) is 0.284. The number of hydrogen-bond acceptors (Lipinski definition) is 4. The third-order valence-corrected chi connectivity index (χ3v) is 3.79. The number of guanidine groups is 1. The van der Waals surface area contributed by atoms with Gasteiger partial charge in [0.25, 0.3) is 0 Å². The molecule has 0 fully saturated rings. The Bertz CT molecular complexity index is 781. The number of anilines is 1. The van der Waals surface area contributed by atoms with Crippen molar-refractivity contribution in [3.8, 4) is 5.75 Å². The van der Waals surface area contributed by atoms with E-state index in [1.54, 1.807) is 6.07 Å². The molecule has 0 unspecified atom stereocenters. The number of aryl methyl sites for hydroxylation is 2. The van der Waals surface area contributed by atoms with Crippen molar-refractivity contribution >= 4 is 41.7 Å². The van der Waals surface area contributed by atoms with E-state index in [4.69, 9.17) is 4.74 Å². The molecule has 29 heavy (non-hydrogen) atoms. The Morgan fingerprint density at radius 3 is 2.55 bits per heavy atom. The van der Waals surface area contributed by atoms with Crippen LogP contribution in [0.1, 0.15) is 24.6 Å².